The van der Waals surface area contributed by atoms with Crippen molar-refractivity contribution in [1.29, 1.82) is 0 Å². The van der Waals surface area contributed by atoms with Gasteiger partial charge in [-0.3, -0.25) is 14.5 Å². The first-order valence-electron chi connectivity index (χ1n) is 7.50. The molecule has 5 nitrogen and oxygen atoms in total. The first-order chi connectivity index (χ1) is 11.1. The molecule has 0 fully saturated rings. The highest BCUT2D eigenvalue weighted by Crippen LogP contribution is 2.30. The van der Waals surface area contributed by atoms with Crippen molar-refractivity contribution in [2.24, 2.45) is 0 Å². The van der Waals surface area contributed by atoms with E-state index in [1.807, 2.05) is 42.6 Å². The van der Waals surface area contributed by atoms with Crippen molar-refractivity contribution in [3.8, 4) is 5.75 Å². The molecule has 1 N–H and O–H groups in total. The third-order valence-electron chi connectivity index (χ3n) is 3.68. The SMILES string of the molecule is CC(NC(=O)CN1C(=O)CCOc2ccccc21)c1cccs1. The van der Waals surface area contributed by atoms with E-state index in [-0.39, 0.29) is 30.8 Å². The Morgan fingerprint density at radius 3 is 2.96 bits per heavy atom. The summed E-state index contributed by atoms with van der Waals surface area (Å²) in [5, 5.41) is 4.91. The van der Waals surface area contributed by atoms with Crippen molar-refractivity contribution in [3.63, 3.8) is 0 Å². The summed E-state index contributed by atoms with van der Waals surface area (Å²) in [6, 6.07) is 11.2. The Morgan fingerprint density at radius 1 is 1.35 bits per heavy atom. The van der Waals surface area contributed by atoms with E-state index in [1.165, 1.54) is 4.90 Å². The molecular formula is C17H18N2O3S. The number of anilines is 1. The lowest BCUT2D eigenvalue weighted by Gasteiger charge is -2.22. The van der Waals surface area contributed by atoms with E-state index < -0.39 is 0 Å². The van der Waals surface area contributed by atoms with Crippen LogP contribution in [-0.4, -0.2) is 25.0 Å². The van der Waals surface area contributed by atoms with Crippen LogP contribution < -0.4 is 15.0 Å². The number of nitrogens with one attached hydrogen (secondary N) is 1. The van der Waals surface area contributed by atoms with Gasteiger partial charge in [0.1, 0.15) is 12.3 Å². The van der Waals surface area contributed by atoms with Crippen LogP contribution in [0.4, 0.5) is 5.69 Å². The van der Waals surface area contributed by atoms with Crippen LogP contribution in [0.2, 0.25) is 0 Å². The number of benzene rings is 1. The molecule has 3 rings (SSSR count). The summed E-state index contributed by atoms with van der Waals surface area (Å²) < 4.78 is 5.58. The highest BCUT2D eigenvalue weighted by Gasteiger charge is 2.25. The fourth-order valence-electron chi connectivity index (χ4n) is 2.53. The van der Waals surface area contributed by atoms with E-state index in [4.69, 9.17) is 4.74 Å². The third kappa shape index (κ3) is 3.53. The zero-order valence-electron chi connectivity index (χ0n) is 12.8. The average molecular weight is 330 g/mol. The molecule has 2 aromatic rings. The Labute approximate surface area is 138 Å². The smallest absolute Gasteiger partial charge is 0.240 e. The summed E-state index contributed by atoms with van der Waals surface area (Å²) in [6.07, 6.45) is 0.266. The minimum absolute atomic E-state index is 0.00504. The zero-order valence-corrected chi connectivity index (χ0v) is 13.6. The van der Waals surface area contributed by atoms with E-state index in [9.17, 15) is 9.59 Å². The molecule has 2 heterocycles. The van der Waals surface area contributed by atoms with Gasteiger partial charge in [0.05, 0.1) is 24.8 Å². The molecule has 2 amide bonds. The number of rotatable bonds is 4. The van der Waals surface area contributed by atoms with Gasteiger partial charge in [-0.15, -0.1) is 11.3 Å². The number of thiophene rings is 1. The molecule has 1 aliphatic rings. The number of hydrogen-bond donors (Lipinski definition) is 1. The summed E-state index contributed by atoms with van der Waals surface area (Å²) in [7, 11) is 0. The zero-order chi connectivity index (χ0) is 16.2. The molecular weight excluding hydrogens is 312 g/mol. The molecule has 6 heteroatoms. The Bertz CT molecular complexity index is 700. The van der Waals surface area contributed by atoms with Crippen molar-refractivity contribution in [2.45, 2.75) is 19.4 Å². The lowest BCUT2D eigenvalue weighted by molar-refractivity contribution is -0.124. The molecule has 0 aliphatic carbocycles. The highest BCUT2D eigenvalue weighted by molar-refractivity contribution is 7.10. The first-order valence-corrected chi connectivity index (χ1v) is 8.38. The largest absolute Gasteiger partial charge is 0.491 e. The minimum Gasteiger partial charge on any atom is -0.491 e. The van der Waals surface area contributed by atoms with Gasteiger partial charge >= 0.3 is 0 Å². The topological polar surface area (TPSA) is 58.6 Å². The number of amides is 2. The number of carbonyl (C=O) groups excluding carboxylic acids is 2. The molecule has 23 heavy (non-hydrogen) atoms. The van der Waals surface area contributed by atoms with Crippen LogP contribution >= 0.6 is 11.3 Å². The van der Waals surface area contributed by atoms with Crippen LogP contribution in [-0.2, 0) is 9.59 Å². The molecule has 1 atom stereocenters. The minimum atomic E-state index is -0.184. The molecule has 0 saturated carbocycles. The first kappa shape index (κ1) is 15.6. The van der Waals surface area contributed by atoms with E-state index in [1.54, 1.807) is 17.4 Å². The number of para-hydroxylation sites is 2. The van der Waals surface area contributed by atoms with Gasteiger partial charge in [-0.05, 0) is 30.5 Å². The number of carbonyl (C=O) groups is 2. The van der Waals surface area contributed by atoms with Gasteiger partial charge in [0.15, 0.2) is 0 Å². The van der Waals surface area contributed by atoms with Crippen LogP contribution in [0.25, 0.3) is 0 Å². The van der Waals surface area contributed by atoms with Crippen LogP contribution in [0, 0.1) is 0 Å². The fraction of sp³-hybridized carbons (Fsp3) is 0.294. The second kappa shape index (κ2) is 6.83. The van der Waals surface area contributed by atoms with Gasteiger partial charge in [-0.25, -0.2) is 0 Å². The number of nitrogens with zero attached hydrogens (tertiary/aromatic N) is 1. The summed E-state index contributed by atoms with van der Waals surface area (Å²) >= 11 is 1.60. The molecule has 0 bridgehead atoms. The quantitative estimate of drug-likeness (QED) is 0.938. The molecule has 1 aliphatic heterocycles. The van der Waals surface area contributed by atoms with Crippen LogP contribution in [0.5, 0.6) is 5.75 Å². The number of fused-ring (bicyclic) bond motifs is 1. The van der Waals surface area contributed by atoms with Crippen molar-refractivity contribution in [3.05, 3.63) is 46.7 Å². The molecule has 0 saturated heterocycles. The fourth-order valence-corrected chi connectivity index (χ4v) is 3.27. The van der Waals surface area contributed by atoms with Crippen molar-refractivity contribution < 1.29 is 14.3 Å². The Morgan fingerprint density at radius 2 is 2.17 bits per heavy atom. The highest BCUT2D eigenvalue weighted by atomic mass is 32.1. The number of ether oxygens (including phenoxy) is 1. The molecule has 0 radical (unpaired) electrons. The molecule has 120 valence electrons. The van der Waals surface area contributed by atoms with Gasteiger partial charge in [-0.2, -0.15) is 0 Å². The second-order valence-electron chi connectivity index (χ2n) is 5.35. The summed E-state index contributed by atoms with van der Waals surface area (Å²) in [6.45, 7) is 2.26. The Balaban J connectivity index is 1.73. The predicted molar refractivity (Wildman–Crippen MR) is 89.8 cm³/mol. The van der Waals surface area contributed by atoms with Crippen LogP contribution in [0.1, 0.15) is 24.3 Å². The van der Waals surface area contributed by atoms with Gasteiger partial charge in [0.25, 0.3) is 0 Å². The van der Waals surface area contributed by atoms with E-state index in [2.05, 4.69) is 5.32 Å². The van der Waals surface area contributed by atoms with Gasteiger partial charge in [0.2, 0.25) is 11.8 Å². The molecule has 0 spiro atoms. The van der Waals surface area contributed by atoms with E-state index >= 15 is 0 Å². The average Bonchev–Trinajstić information content (AvgIpc) is 3.03. The van der Waals surface area contributed by atoms with Crippen LogP contribution in [0.15, 0.2) is 41.8 Å². The second-order valence-corrected chi connectivity index (χ2v) is 6.33. The number of hydrogen-bond acceptors (Lipinski definition) is 4. The summed E-state index contributed by atoms with van der Waals surface area (Å²) in [5.74, 6) is 0.349. The molecule has 1 aromatic heterocycles. The molecule has 1 unspecified atom stereocenters. The van der Waals surface area contributed by atoms with Gasteiger partial charge in [-0.1, -0.05) is 18.2 Å². The maximum atomic E-state index is 12.3. The lowest BCUT2D eigenvalue weighted by Crippen LogP contribution is -2.41. The van der Waals surface area contributed by atoms with Gasteiger partial charge < -0.3 is 10.1 Å². The molecule has 1 aromatic carbocycles. The third-order valence-corrected chi connectivity index (χ3v) is 4.73. The van der Waals surface area contributed by atoms with E-state index in [0.717, 1.165) is 4.88 Å². The Hall–Kier alpha value is -2.34. The Kier molecular flexibility index (Phi) is 4.62. The standard InChI is InChI=1S/C17H18N2O3S/c1-12(15-7-4-10-23-15)18-16(20)11-19-13-5-2-3-6-14(13)22-9-8-17(19)21/h2-7,10,12H,8-9,11H2,1H3,(H,18,20). The normalized spacial score (nSPS) is 15.3. The predicted octanol–water partition coefficient (Wildman–Crippen LogP) is 2.74. The summed E-state index contributed by atoms with van der Waals surface area (Å²) in [4.78, 5) is 27.2. The van der Waals surface area contributed by atoms with Crippen LogP contribution in [0.3, 0.4) is 0 Å². The maximum absolute atomic E-state index is 12.3. The van der Waals surface area contributed by atoms with Crippen molar-refractivity contribution >= 4 is 28.8 Å². The van der Waals surface area contributed by atoms with Gasteiger partial charge in [0, 0.05) is 4.88 Å². The van der Waals surface area contributed by atoms with E-state index in [0.29, 0.717) is 18.0 Å². The van der Waals surface area contributed by atoms with Crippen molar-refractivity contribution in [2.75, 3.05) is 18.1 Å². The lowest BCUT2D eigenvalue weighted by atomic mass is 10.2. The van der Waals surface area contributed by atoms with Crippen molar-refractivity contribution in [1.82, 2.24) is 5.32 Å². The summed E-state index contributed by atoms with van der Waals surface area (Å²) in [5.41, 5.74) is 0.647. The maximum Gasteiger partial charge on any atom is 0.240 e. The monoisotopic (exact) mass is 330 g/mol.